The lowest BCUT2D eigenvalue weighted by Gasteiger charge is -2.12. The molecule has 0 fully saturated rings. The number of hydrogen-bond donors (Lipinski definition) is 2. The van der Waals surface area contributed by atoms with Crippen molar-refractivity contribution < 1.29 is 19.4 Å². The molecule has 1 aromatic heterocycles. The zero-order valence-corrected chi connectivity index (χ0v) is 15.1. The number of rotatable bonds is 6. The molecule has 0 radical (unpaired) electrons. The van der Waals surface area contributed by atoms with Gasteiger partial charge in [-0.1, -0.05) is 35.3 Å². The van der Waals surface area contributed by atoms with Gasteiger partial charge in [-0.2, -0.15) is 0 Å². The number of carbonyl (C=O) groups excluding carboxylic acids is 1. The topological polar surface area (TPSA) is 103 Å². The SMILES string of the molecule is Cl.N[C@@H](Cc1cccc(C(=O)O)c1)C(=O)OCc1cc(Cl)nc(Cl)c1. The summed E-state index contributed by atoms with van der Waals surface area (Å²) in [5, 5.41) is 9.35. The molecular weight excluding hydrogens is 391 g/mol. The Morgan fingerprint density at radius 1 is 1.16 bits per heavy atom. The molecule has 134 valence electrons. The molecule has 0 saturated carbocycles. The number of aromatic carboxylic acids is 1. The van der Waals surface area contributed by atoms with Crippen LogP contribution in [0.3, 0.4) is 0 Å². The molecule has 2 rings (SSSR count). The molecule has 0 aliphatic carbocycles. The number of hydrogen-bond acceptors (Lipinski definition) is 5. The molecule has 0 amide bonds. The third kappa shape index (κ3) is 6.51. The molecule has 0 spiro atoms. The van der Waals surface area contributed by atoms with Gasteiger partial charge in [0.2, 0.25) is 0 Å². The van der Waals surface area contributed by atoms with Gasteiger partial charge >= 0.3 is 11.9 Å². The summed E-state index contributed by atoms with van der Waals surface area (Å²) in [6, 6.07) is 8.37. The Balaban J connectivity index is 0.00000312. The van der Waals surface area contributed by atoms with Gasteiger partial charge in [0.15, 0.2) is 0 Å². The first-order chi connectivity index (χ1) is 11.3. The minimum absolute atomic E-state index is 0. The van der Waals surface area contributed by atoms with Gasteiger partial charge in [0.25, 0.3) is 0 Å². The quantitative estimate of drug-likeness (QED) is 0.565. The fraction of sp³-hybridized carbons (Fsp3) is 0.188. The van der Waals surface area contributed by atoms with Crippen molar-refractivity contribution in [1.29, 1.82) is 0 Å². The number of carbonyl (C=O) groups is 2. The van der Waals surface area contributed by atoms with Crippen LogP contribution in [0.2, 0.25) is 10.3 Å². The Morgan fingerprint density at radius 3 is 2.40 bits per heavy atom. The van der Waals surface area contributed by atoms with Crippen molar-refractivity contribution in [2.45, 2.75) is 19.1 Å². The van der Waals surface area contributed by atoms with Crippen molar-refractivity contribution in [3.05, 3.63) is 63.4 Å². The summed E-state index contributed by atoms with van der Waals surface area (Å²) in [6.45, 7) is -0.0380. The second kappa shape index (κ2) is 9.58. The highest BCUT2D eigenvalue weighted by Crippen LogP contribution is 2.16. The standard InChI is InChI=1S/C16H14Cl2N2O4.ClH/c17-13-6-10(7-14(18)20-13)8-24-16(23)12(19)5-9-2-1-3-11(4-9)15(21)22;/h1-4,6-7,12H,5,8,19H2,(H,21,22);1H/t12-;/m0./s1. The number of esters is 1. The number of carboxylic acids is 1. The molecule has 0 unspecified atom stereocenters. The van der Waals surface area contributed by atoms with Crippen LogP contribution < -0.4 is 5.73 Å². The number of benzene rings is 1. The van der Waals surface area contributed by atoms with E-state index in [1.165, 1.54) is 24.3 Å². The Morgan fingerprint density at radius 2 is 1.80 bits per heavy atom. The van der Waals surface area contributed by atoms with Crippen molar-refractivity contribution in [1.82, 2.24) is 4.98 Å². The molecule has 0 bridgehead atoms. The maximum atomic E-state index is 12.0. The molecule has 25 heavy (non-hydrogen) atoms. The van der Waals surface area contributed by atoms with Crippen molar-refractivity contribution in [2.24, 2.45) is 5.73 Å². The van der Waals surface area contributed by atoms with Crippen LogP contribution in [-0.2, 0) is 22.6 Å². The molecule has 1 aromatic carbocycles. The van der Waals surface area contributed by atoms with Crippen LogP contribution in [0.15, 0.2) is 36.4 Å². The Labute approximate surface area is 160 Å². The lowest BCUT2D eigenvalue weighted by atomic mass is 10.0. The maximum absolute atomic E-state index is 12.0. The van der Waals surface area contributed by atoms with Crippen molar-refractivity contribution in [3.63, 3.8) is 0 Å². The number of nitrogens with zero attached hydrogens (tertiary/aromatic N) is 1. The number of halogens is 3. The Hall–Kier alpha value is -1.86. The zero-order chi connectivity index (χ0) is 17.7. The van der Waals surface area contributed by atoms with E-state index in [4.69, 9.17) is 38.8 Å². The molecule has 3 N–H and O–H groups in total. The van der Waals surface area contributed by atoms with Crippen LogP contribution in [0.5, 0.6) is 0 Å². The van der Waals surface area contributed by atoms with Crippen LogP contribution >= 0.6 is 35.6 Å². The fourth-order valence-corrected chi connectivity index (χ4v) is 2.53. The van der Waals surface area contributed by atoms with Gasteiger partial charge < -0.3 is 15.6 Å². The predicted molar refractivity (Wildman–Crippen MR) is 96.4 cm³/mol. The van der Waals surface area contributed by atoms with Crippen LogP contribution in [0.25, 0.3) is 0 Å². The number of ether oxygens (including phenoxy) is 1. The van der Waals surface area contributed by atoms with Crippen molar-refractivity contribution in [3.8, 4) is 0 Å². The van der Waals surface area contributed by atoms with Gasteiger partial charge in [0.1, 0.15) is 23.0 Å². The monoisotopic (exact) mass is 404 g/mol. The average molecular weight is 406 g/mol. The third-order valence-corrected chi connectivity index (χ3v) is 3.52. The first-order valence-corrected chi connectivity index (χ1v) is 7.67. The molecule has 9 heteroatoms. The third-order valence-electron chi connectivity index (χ3n) is 3.14. The summed E-state index contributed by atoms with van der Waals surface area (Å²) in [5.74, 6) is -1.65. The molecular formula is C16H15Cl3N2O4. The van der Waals surface area contributed by atoms with Gasteiger partial charge in [-0.3, -0.25) is 4.79 Å². The largest absolute Gasteiger partial charge is 0.478 e. The van der Waals surface area contributed by atoms with E-state index in [0.29, 0.717) is 11.1 Å². The minimum Gasteiger partial charge on any atom is -0.478 e. The molecule has 1 atom stereocenters. The van der Waals surface area contributed by atoms with Gasteiger partial charge in [-0.25, -0.2) is 9.78 Å². The molecule has 2 aromatic rings. The predicted octanol–water partition coefficient (Wildman–Crippen LogP) is 3.12. The van der Waals surface area contributed by atoms with E-state index >= 15 is 0 Å². The van der Waals surface area contributed by atoms with Gasteiger partial charge in [0.05, 0.1) is 5.56 Å². The molecule has 0 aliphatic heterocycles. The summed E-state index contributed by atoms with van der Waals surface area (Å²) in [5.41, 5.74) is 7.17. The van der Waals surface area contributed by atoms with Crippen LogP contribution in [0.1, 0.15) is 21.5 Å². The molecule has 0 aliphatic rings. The molecule has 6 nitrogen and oxygen atoms in total. The second-order valence-corrected chi connectivity index (χ2v) is 5.82. The smallest absolute Gasteiger partial charge is 0.335 e. The summed E-state index contributed by atoms with van der Waals surface area (Å²) >= 11 is 11.5. The summed E-state index contributed by atoms with van der Waals surface area (Å²) in [4.78, 5) is 26.7. The summed E-state index contributed by atoms with van der Waals surface area (Å²) in [6.07, 6.45) is 0.164. The van der Waals surface area contributed by atoms with E-state index in [1.807, 2.05) is 0 Å². The van der Waals surface area contributed by atoms with E-state index < -0.39 is 18.0 Å². The first kappa shape index (κ1) is 21.2. The average Bonchev–Trinajstić information content (AvgIpc) is 2.51. The number of nitrogens with two attached hydrogens (primary N) is 1. The Bertz CT molecular complexity index is 751. The highest BCUT2D eigenvalue weighted by atomic mass is 35.5. The first-order valence-electron chi connectivity index (χ1n) is 6.91. The molecule has 1 heterocycles. The lowest BCUT2D eigenvalue weighted by Crippen LogP contribution is -2.34. The van der Waals surface area contributed by atoms with E-state index in [0.717, 1.165) is 0 Å². The van der Waals surface area contributed by atoms with E-state index in [2.05, 4.69) is 4.98 Å². The van der Waals surface area contributed by atoms with E-state index in [9.17, 15) is 9.59 Å². The summed E-state index contributed by atoms with van der Waals surface area (Å²) < 4.78 is 5.12. The van der Waals surface area contributed by atoms with Crippen LogP contribution in [0, 0.1) is 0 Å². The maximum Gasteiger partial charge on any atom is 0.335 e. The lowest BCUT2D eigenvalue weighted by molar-refractivity contribution is -0.146. The van der Waals surface area contributed by atoms with Gasteiger partial charge in [0, 0.05) is 0 Å². The number of carboxylic acid groups (broad SMARTS) is 1. The van der Waals surface area contributed by atoms with Crippen molar-refractivity contribution >= 4 is 47.5 Å². The summed E-state index contributed by atoms with van der Waals surface area (Å²) in [7, 11) is 0. The number of aromatic nitrogens is 1. The van der Waals surface area contributed by atoms with Gasteiger partial charge in [-0.15, -0.1) is 12.4 Å². The van der Waals surface area contributed by atoms with Crippen molar-refractivity contribution in [2.75, 3.05) is 0 Å². The number of pyridine rings is 1. The Kier molecular flexibility index (Phi) is 8.12. The highest BCUT2D eigenvalue weighted by molar-refractivity contribution is 6.32. The normalized spacial score (nSPS) is 11.3. The molecule has 0 saturated heterocycles. The van der Waals surface area contributed by atoms with E-state index in [-0.39, 0.29) is 41.3 Å². The van der Waals surface area contributed by atoms with E-state index in [1.54, 1.807) is 12.1 Å². The van der Waals surface area contributed by atoms with Crippen LogP contribution in [-0.4, -0.2) is 28.1 Å². The van der Waals surface area contributed by atoms with Gasteiger partial charge in [-0.05, 0) is 41.8 Å². The zero-order valence-electron chi connectivity index (χ0n) is 12.8. The fourth-order valence-electron chi connectivity index (χ4n) is 2.03. The highest BCUT2D eigenvalue weighted by Gasteiger charge is 2.17. The van der Waals surface area contributed by atoms with Crippen LogP contribution in [0.4, 0.5) is 0 Å². The minimum atomic E-state index is -1.04. The second-order valence-electron chi connectivity index (χ2n) is 5.04.